The Morgan fingerprint density at radius 2 is 2.18 bits per heavy atom. The number of carbonyl (C=O) groups excluding carboxylic acids is 1. The summed E-state index contributed by atoms with van der Waals surface area (Å²) in [6.45, 7) is 1.77. The summed E-state index contributed by atoms with van der Waals surface area (Å²) < 4.78 is 0.974. The number of Topliss-reactive ketones (excluding diaryl/α,β-unsaturated/α-hetero) is 1. The van der Waals surface area contributed by atoms with Crippen molar-refractivity contribution in [1.29, 1.82) is 0 Å². The second-order valence-corrected chi connectivity index (χ2v) is 4.63. The molecule has 86 valence electrons. The summed E-state index contributed by atoms with van der Waals surface area (Å²) in [5, 5.41) is 0. The van der Waals surface area contributed by atoms with E-state index >= 15 is 0 Å². The molecule has 0 saturated heterocycles. The van der Waals surface area contributed by atoms with Crippen molar-refractivity contribution < 1.29 is 4.79 Å². The lowest BCUT2D eigenvalue weighted by molar-refractivity contribution is 0.0988. The van der Waals surface area contributed by atoms with E-state index in [0.29, 0.717) is 17.9 Å². The van der Waals surface area contributed by atoms with Crippen molar-refractivity contribution in [2.75, 3.05) is 0 Å². The zero-order valence-corrected chi connectivity index (χ0v) is 10.9. The molecule has 1 aromatic heterocycles. The van der Waals surface area contributed by atoms with Gasteiger partial charge in [-0.2, -0.15) is 0 Å². The molecule has 3 nitrogen and oxygen atoms in total. The van der Waals surface area contributed by atoms with Crippen LogP contribution < -0.4 is 0 Å². The van der Waals surface area contributed by atoms with Crippen molar-refractivity contribution in [2.45, 2.75) is 13.3 Å². The van der Waals surface area contributed by atoms with Gasteiger partial charge in [-0.05, 0) is 30.7 Å². The zero-order valence-electron chi connectivity index (χ0n) is 9.35. The number of ketones is 1. The van der Waals surface area contributed by atoms with Gasteiger partial charge in [0.15, 0.2) is 5.78 Å². The van der Waals surface area contributed by atoms with E-state index < -0.39 is 0 Å². The van der Waals surface area contributed by atoms with E-state index in [2.05, 4.69) is 25.9 Å². The summed E-state index contributed by atoms with van der Waals surface area (Å²) in [5.74, 6) is 0.624. The molecule has 17 heavy (non-hydrogen) atoms. The minimum Gasteiger partial charge on any atom is -0.292 e. The fraction of sp³-hybridized carbons (Fsp3) is 0.154. The summed E-state index contributed by atoms with van der Waals surface area (Å²) in [5.41, 5.74) is 1.44. The molecule has 0 spiro atoms. The Labute approximate surface area is 108 Å². The average molecular weight is 291 g/mol. The second-order valence-electron chi connectivity index (χ2n) is 3.72. The van der Waals surface area contributed by atoms with Crippen LogP contribution in [0, 0.1) is 6.92 Å². The van der Waals surface area contributed by atoms with Crippen molar-refractivity contribution in [2.24, 2.45) is 0 Å². The third-order valence-corrected chi connectivity index (χ3v) is 2.81. The molecule has 0 aliphatic heterocycles. The lowest BCUT2D eigenvalue weighted by Crippen LogP contribution is -2.07. The number of hydrogen-bond acceptors (Lipinski definition) is 3. The molecule has 0 atom stereocenters. The third kappa shape index (κ3) is 3.20. The molecule has 0 aliphatic rings. The van der Waals surface area contributed by atoms with E-state index in [4.69, 9.17) is 0 Å². The van der Waals surface area contributed by atoms with Gasteiger partial charge in [-0.25, -0.2) is 9.97 Å². The normalized spacial score (nSPS) is 10.2. The Kier molecular flexibility index (Phi) is 3.64. The number of aryl methyl sites for hydroxylation is 1. The van der Waals surface area contributed by atoms with Gasteiger partial charge in [0.05, 0.1) is 0 Å². The van der Waals surface area contributed by atoms with Gasteiger partial charge in [0, 0.05) is 17.1 Å². The Morgan fingerprint density at radius 1 is 1.35 bits per heavy atom. The second kappa shape index (κ2) is 5.19. The molecule has 0 bridgehead atoms. The molecule has 0 radical (unpaired) electrons. The average Bonchev–Trinajstić information content (AvgIpc) is 2.29. The molecule has 0 fully saturated rings. The lowest BCUT2D eigenvalue weighted by Gasteiger charge is -2.02. The first kappa shape index (κ1) is 11.9. The number of hydrogen-bond donors (Lipinski definition) is 0. The fourth-order valence-electron chi connectivity index (χ4n) is 1.53. The molecule has 0 unspecified atom stereocenters. The zero-order chi connectivity index (χ0) is 12.3. The van der Waals surface area contributed by atoms with Gasteiger partial charge in [0.2, 0.25) is 0 Å². The molecular formula is C13H11BrN2O. The molecule has 0 saturated carbocycles. The van der Waals surface area contributed by atoms with Crippen molar-refractivity contribution in [3.63, 3.8) is 0 Å². The highest BCUT2D eigenvalue weighted by Gasteiger charge is 2.09. The van der Waals surface area contributed by atoms with Crippen LogP contribution in [0.15, 0.2) is 41.0 Å². The van der Waals surface area contributed by atoms with Crippen LogP contribution in [-0.4, -0.2) is 15.8 Å². The number of halogens is 1. The molecule has 4 heteroatoms. The van der Waals surface area contributed by atoms with Crippen molar-refractivity contribution in [1.82, 2.24) is 9.97 Å². The number of carbonyl (C=O) groups is 1. The van der Waals surface area contributed by atoms with Gasteiger partial charge in [0.25, 0.3) is 0 Å². The molecule has 0 N–H and O–H groups in total. The topological polar surface area (TPSA) is 42.9 Å². The number of rotatable bonds is 3. The van der Waals surface area contributed by atoms with Gasteiger partial charge >= 0.3 is 0 Å². The highest BCUT2D eigenvalue weighted by molar-refractivity contribution is 9.10. The number of benzene rings is 1. The minimum absolute atomic E-state index is 0.00796. The largest absolute Gasteiger partial charge is 0.292 e. The van der Waals surface area contributed by atoms with Crippen LogP contribution in [-0.2, 0) is 6.42 Å². The van der Waals surface area contributed by atoms with Gasteiger partial charge in [-0.1, -0.05) is 28.1 Å². The smallest absolute Gasteiger partial charge is 0.185 e. The Morgan fingerprint density at radius 3 is 2.88 bits per heavy atom. The standard InChI is InChI=1S/C13H11BrN2O/c1-9-15-6-5-12(16-9)13(17)8-10-3-2-4-11(14)7-10/h2-7H,8H2,1H3. The number of nitrogens with zero attached hydrogens (tertiary/aromatic N) is 2. The molecule has 2 rings (SSSR count). The molecule has 2 aromatic rings. The predicted molar refractivity (Wildman–Crippen MR) is 68.9 cm³/mol. The maximum absolute atomic E-state index is 12.0. The molecule has 0 aliphatic carbocycles. The Bertz CT molecular complexity index is 555. The molecule has 0 amide bonds. The minimum atomic E-state index is 0.00796. The van der Waals surface area contributed by atoms with Crippen molar-refractivity contribution in [3.8, 4) is 0 Å². The Balaban J connectivity index is 2.17. The molecule has 1 aromatic carbocycles. The van der Waals surface area contributed by atoms with Crippen LogP contribution in [0.3, 0.4) is 0 Å². The van der Waals surface area contributed by atoms with Crippen LogP contribution in [0.5, 0.6) is 0 Å². The van der Waals surface area contributed by atoms with Crippen molar-refractivity contribution in [3.05, 3.63) is 58.1 Å². The predicted octanol–water partition coefficient (Wildman–Crippen LogP) is 2.97. The summed E-state index contributed by atoms with van der Waals surface area (Å²) in [6, 6.07) is 9.36. The highest BCUT2D eigenvalue weighted by atomic mass is 79.9. The van der Waals surface area contributed by atoms with Crippen molar-refractivity contribution >= 4 is 21.7 Å². The summed E-state index contributed by atoms with van der Waals surface area (Å²) in [4.78, 5) is 20.1. The van der Waals surface area contributed by atoms with Crippen LogP contribution in [0.2, 0.25) is 0 Å². The van der Waals surface area contributed by atoms with Crippen LogP contribution in [0.25, 0.3) is 0 Å². The van der Waals surface area contributed by atoms with Gasteiger partial charge < -0.3 is 0 Å². The first-order valence-corrected chi connectivity index (χ1v) is 6.02. The Hall–Kier alpha value is -1.55. The van der Waals surface area contributed by atoms with E-state index in [1.165, 1.54) is 0 Å². The van der Waals surface area contributed by atoms with Gasteiger partial charge in [0.1, 0.15) is 11.5 Å². The van der Waals surface area contributed by atoms with Crippen LogP contribution in [0.1, 0.15) is 21.9 Å². The summed E-state index contributed by atoms with van der Waals surface area (Å²) in [7, 11) is 0. The maximum Gasteiger partial charge on any atom is 0.185 e. The lowest BCUT2D eigenvalue weighted by atomic mass is 10.1. The van der Waals surface area contributed by atoms with Gasteiger partial charge in [-0.15, -0.1) is 0 Å². The van der Waals surface area contributed by atoms with E-state index in [1.807, 2.05) is 24.3 Å². The first-order valence-electron chi connectivity index (χ1n) is 5.22. The van der Waals surface area contributed by atoms with Gasteiger partial charge in [-0.3, -0.25) is 4.79 Å². The third-order valence-electron chi connectivity index (χ3n) is 2.32. The first-order chi connectivity index (χ1) is 8.15. The fourth-order valence-corrected chi connectivity index (χ4v) is 1.98. The summed E-state index contributed by atoms with van der Waals surface area (Å²) in [6.07, 6.45) is 1.96. The van der Waals surface area contributed by atoms with E-state index in [1.54, 1.807) is 19.2 Å². The quantitative estimate of drug-likeness (QED) is 0.816. The molecule has 1 heterocycles. The highest BCUT2D eigenvalue weighted by Crippen LogP contribution is 2.13. The summed E-state index contributed by atoms with van der Waals surface area (Å²) >= 11 is 3.38. The van der Waals surface area contributed by atoms with E-state index in [9.17, 15) is 4.79 Å². The van der Waals surface area contributed by atoms with Crippen LogP contribution in [0.4, 0.5) is 0 Å². The molecular weight excluding hydrogens is 280 g/mol. The number of aromatic nitrogens is 2. The maximum atomic E-state index is 12.0. The monoisotopic (exact) mass is 290 g/mol. The SMILES string of the molecule is Cc1nccc(C(=O)Cc2cccc(Br)c2)n1. The van der Waals surface area contributed by atoms with Crippen LogP contribution >= 0.6 is 15.9 Å². The van der Waals surface area contributed by atoms with E-state index in [0.717, 1.165) is 10.0 Å². The van der Waals surface area contributed by atoms with E-state index in [-0.39, 0.29) is 5.78 Å².